The molecular formula is C30H26N4O3S. The molecule has 38 heavy (non-hydrogen) atoms. The second kappa shape index (κ2) is 9.51. The molecule has 6 rings (SSSR count). The smallest absolute Gasteiger partial charge is 0.230 e. The van der Waals surface area contributed by atoms with Gasteiger partial charge in [-0.15, -0.1) is 11.3 Å². The fraction of sp³-hybridized carbons (Fsp3) is 0.233. The van der Waals surface area contributed by atoms with Gasteiger partial charge >= 0.3 is 0 Å². The highest BCUT2D eigenvalue weighted by Crippen LogP contribution is 2.47. The van der Waals surface area contributed by atoms with Crippen LogP contribution in [0.2, 0.25) is 0 Å². The van der Waals surface area contributed by atoms with Gasteiger partial charge in [0.2, 0.25) is 6.41 Å². The molecule has 190 valence electrons. The summed E-state index contributed by atoms with van der Waals surface area (Å²) in [4.78, 5) is 13.1. The van der Waals surface area contributed by atoms with E-state index >= 15 is 0 Å². The molecule has 0 saturated heterocycles. The van der Waals surface area contributed by atoms with Crippen LogP contribution in [-0.2, 0) is 17.8 Å². The fourth-order valence-electron chi connectivity index (χ4n) is 5.60. The van der Waals surface area contributed by atoms with Gasteiger partial charge in [0, 0.05) is 29.0 Å². The first-order valence-corrected chi connectivity index (χ1v) is 13.3. The van der Waals surface area contributed by atoms with E-state index < -0.39 is 0 Å². The zero-order valence-electron chi connectivity index (χ0n) is 21.4. The molecule has 4 heterocycles. The first-order valence-electron chi connectivity index (χ1n) is 12.4. The lowest BCUT2D eigenvalue weighted by atomic mass is 9.94. The number of hydrogen-bond acceptors (Lipinski definition) is 6. The van der Waals surface area contributed by atoms with Gasteiger partial charge in [0.25, 0.3) is 0 Å². The zero-order chi connectivity index (χ0) is 26.4. The van der Waals surface area contributed by atoms with Crippen molar-refractivity contribution in [3.05, 3.63) is 81.9 Å². The van der Waals surface area contributed by atoms with Crippen LogP contribution in [-0.4, -0.2) is 35.9 Å². The summed E-state index contributed by atoms with van der Waals surface area (Å²) in [5.41, 5.74) is 8.29. The summed E-state index contributed by atoms with van der Waals surface area (Å²) in [5.74, 6) is 1.29. The number of thiophene rings is 1. The minimum absolute atomic E-state index is 0.198. The van der Waals surface area contributed by atoms with Crippen LogP contribution in [0.15, 0.2) is 59.0 Å². The number of amides is 1. The Morgan fingerprint density at radius 3 is 2.53 bits per heavy atom. The predicted molar refractivity (Wildman–Crippen MR) is 148 cm³/mol. The number of hydrogen-bond donors (Lipinski definition) is 0. The molecule has 0 saturated carbocycles. The number of nitriles is 1. The maximum absolute atomic E-state index is 12.1. The van der Waals surface area contributed by atoms with Crippen molar-refractivity contribution in [1.82, 2.24) is 9.58 Å². The molecule has 1 amide bonds. The van der Waals surface area contributed by atoms with Gasteiger partial charge in [0.15, 0.2) is 11.5 Å². The quantitative estimate of drug-likeness (QED) is 0.293. The lowest BCUT2D eigenvalue weighted by Gasteiger charge is -2.23. The van der Waals surface area contributed by atoms with Crippen molar-refractivity contribution in [2.45, 2.75) is 32.4 Å². The van der Waals surface area contributed by atoms with Crippen molar-refractivity contribution in [3.63, 3.8) is 0 Å². The minimum atomic E-state index is -0.198. The molecule has 2 aliphatic rings. The van der Waals surface area contributed by atoms with Crippen molar-refractivity contribution < 1.29 is 14.3 Å². The fourth-order valence-corrected chi connectivity index (χ4v) is 6.38. The Kier molecular flexibility index (Phi) is 6.01. The van der Waals surface area contributed by atoms with Crippen molar-refractivity contribution in [1.29, 1.82) is 5.26 Å². The number of aryl methyl sites for hydroxylation is 2. The van der Waals surface area contributed by atoms with Crippen molar-refractivity contribution in [2.75, 3.05) is 14.2 Å². The molecule has 7 nitrogen and oxygen atoms in total. The molecule has 2 aromatic heterocycles. The Morgan fingerprint density at radius 1 is 1.11 bits per heavy atom. The van der Waals surface area contributed by atoms with E-state index in [-0.39, 0.29) is 6.04 Å². The number of methoxy groups -OCH3 is 2. The Morgan fingerprint density at radius 2 is 1.87 bits per heavy atom. The van der Waals surface area contributed by atoms with Gasteiger partial charge < -0.3 is 14.0 Å². The summed E-state index contributed by atoms with van der Waals surface area (Å²) in [7, 11) is 3.25. The van der Waals surface area contributed by atoms with Crippen LogP contribution in [0, 0.1) is 18.3 Å². The third kappa shape index (κ3) is 3.70. The number of aromatic nitrogens is 1. The predicted octanol–water partition coefficient (Wildman–Crippen LogP) is 5.94. The van der Waals surface area contributed by atoms with Gasteiger partial charge in [-0.25, -0.2) is 5.01 Å². The molecule has 0 radical (unpaired) electrons. The molecule has 0 bridgehead atoms. The molecule has 0 aliphatic carbocycles. The van der Waals surface area contributed by atoms with Crippen LogP contribution in [0.4, 0.5) is 0 Å². The van der Waals surface area contributed by atoms with Crippen LogP contribution < -0.4 is 9.47 Å². The van der Waals surface area contributed by atoms with Gasteiger partial charge in [-0.2, -0.15) is 10.4 Å². The number of hydrazone groups is 1. The van der Waals surface area contributed by atoms with Crippen molar-refractivity contribution in [2.24, 2.45) is 5.10 Å². The summed E-state index contributed by atoms with van der Waals surface area (Å²) in [6, 6.07) is 18.5. The van der Waals surface area contributed by atoms with Crippen LogP contribution in [0.1, 0.15) is 40.4 Å². The Hall–Kier alpha value is -4.35. The molecular weight excluding hydrogens is 496 g/mol. The molecule has 2 aliphatic heterocycles. The highest BCUT2D eigenvalue weighted by Gasteiger charge is 2.36. The third-order valence-corrected chi connectivity index (χ3v) is 8.29. The maximum Gasteiger partial charge on any atom is 0.230 e. The van der Waals surface area contributed by atoms with Gasteiger partial charge in [-0.1, -0.05) is 35.9 Å². The largest absolute Gasteiger partial charge is 0.493 e. The van der Waals surface area contributed by atoms with E-state index in [2.05, 4.69) is 34.9 Å². The normalized spacial score (nSPS) is 15.9. The zero-order valence-corrected chi connectivity index (χ0v) is 22.2. The first-order chi connectivity index (χ1) is 18.6. The standard InChI is InChI=1S/C30H26N4O3S/c1-18-6-8-19(9-7-18)24-15-23(32-34(24)17-35)30-28(27-5-4-12-38-27)22(16-31)29-21-14-26(37-3)25(36-2)13-20(21)10-11-33(29)30/h4-9,12-14,17,24H,10-11,15H2,1-3H3. The molecule has 0 N–H and O–H groups in total. The molecule has 0 spiro atoms. The minimum Gasteiger partial charge on any atom is -0.493 e. The number of ether oxygens (including phenoxy) is 2. The average molecular weight is 523 g/mol. The molecule has 1 unspecified atom stereocenters. The van der Waals surface area contributed by atoms with E-state index in [4.69, 9.17) is 14.6 Å². The Balaban J connectivity index is 1.57. The Labute approximate surface area is 225 Å². The lowest BCUT2D eigenvalue weighted by Crippen LogP contribution is -2.18. The SMILES string of the molecule is COc1cc2c(cc1OC)-c1c(C#N)c(-c3cccs3)c(C3=NN(C=O)C(c4ccc(C)cc4)C3)n1CC2. The van der Waals surface area contributed by atoms with Crippen molar-refractivity contribution in [3.8, 4) is 39.3 Å². The van der Waals surface area contributed by atoms with E-state index in [0.29, 0.717) is 30.0 Å². The number of carbonyl (C=O) groups is 1. The summed E-state index contributed by atoms with van der Waals surface area (Å²) >= 11 is 1.60. The highest BCUT2D eigenvalue weighted by molar-refractivity contribution is 7.13. The maximum atomic E-state index is 12.1. The monoisotopic (exact) mass is 522 g/mol. The second-order valence-electron chi connectivity index (χ2n) is 9.47. The molecule has 1 atom stereocenters. The van der Waals surface area contributed by atoms with Crippen LogP contribution in [0.25, 0.3) is 21.7 Å². The third-order valence-electron chi connectivity index (χ3n) is 7.40. The van der Waals surface area contributed by atoms with Gasteiger partial charge in [0.1, 0.15) is 6.07 Å². The molecule has 0 fully saturated rings. The average Bonchev–Trinajstić information content (AvgIpc) is 3.69. The summed E-state index contributed by atoms with van der Waals surface area (Å²) in [5, 5.41) is 18.9. The first kappa shape index (κ1) is 24.0. The summed E-state index contributed by atoms with van der Waals surface area (Å²) < 4.78 is 13.4. The van der Waals surface area contributed by atoms with Crippen LogP contribution in [0.5, 0.6) is 11.5 Å². The molecule has 2 aromatic carbocycles. The van der Waals surface area contributed by atoms with Crippen molar-refractivity contribution >= 4 is 23.5 Å². The van der Waals surface area contributed by atoms with E-state index in [0.717, 1.165) is 62.6 Å². The number of benzene rings is 2. The number of fused-ring (bicyclic) bond motifs is 3. The lowest BCUT2D eigenvalue weighted by molar-refractivity contribution is -0.119. The van der Waals surface area contributed by atoms with Gasteiger partial charge in [-0.05, 0) is 48.1 Å². The molecule has 4 aromatic rings. The number of nitrogens with zero attached hydrogens (tertiary/aromatic N) is 4. The van der Waals surface area contributed by atoms with E-state index in [1.54, 1.807) is 25.6 Å². The van der Waals surface area contributed by atoms with Gasteiger partial charge in [0.05, 0.1) is 42.9 Å². The summed E-state index contributed by atoms with van der Waals surface area (Å²) in [6.07, 6.45) is 2.12. The second-order valence-corrected chi connectivity index (χ2v) is 10.4. The summed E-state index contributed by atoms with van der Waals surface area (Å²) in [6.45, 7) is 2.73. The number of rotatable bonds is 6. The van der Waals surface area contributed by atoms with E-state index in [1.165, 1.54) is 5.01 Å². The van der Waals surface area contributed by atoms with Crippen LogP contribution in [0.3, 0.4) is 0 Å². The number of carbonyl (C=O) groups excluding carboxylic acids is 1. The van der Waals surface area contributed by atoms with Gasteiger partial charge in [-0.3, -0.25) is 4.79 Å². The molecule has 8 heteroatoms. The van der Waals surface area contributed by atoms with E-state index in [9.17, 15) is 10.1 Å². The topological polar surface area (TPSA) is 79.8 Å². The van der Waals surface area contributed by atoms with E-state index in [1.807, 2.05) is 36.6 Å². The highest BCUT2D eigenvalue weighted by atomic mass is 32.1. The Bertz CT molecular complexity index is 1610. The van der Waals surface area contributed by atoms with Crippen LogP contribution >= 0.6 is 11.3 Å².